The van der Waals surface area contributed by atoms with E-state index in [2.05, 4.69) is 0 Å². The molecular weight excluding hydrogens is 186 g/mol. The van der Waals surface area contributed by atoms with Gasteiger partial charge in [-0.1, -0.05) is 23.8 Å². The van der Waals surface area contributed by atoms with Crippen LogP contribution >= 0.6 is 11.6 Å². The maximum atomic E-state index is 5.71. The lowest BCUT2D eigenvalue weighted by Gasteiger charge is -2.01. The molecule has 0 heterocycles. The molecule has 0 aliphatic heterocycles. The van der Waals surface area contributed by atoms with Crippen LogP contribution in [0.4, 0.5) is 0 Å². The van der Waals surface area contributed by atoms with E-state index in [9.17, 15) is 0 Å². The standard InChI is InChI=1S/C10H12ClNO/c11-9-3-5-10(6-4-9)13-8-2-1-7-12/h1-6H,7-8,12H2. The van der Waals surface area contributed by atoms with Gasteiger partial charge in [-0.2, -0.15) is 0 Å². The van der Waals surface area contributed by atoms with Gasteiger partial charge in [0.05, 0.1) is 0 Å². The van der Waals surface area contributed by atoms with E-state index in [1.165, 1.54) is 0 Å². The predicted octanol–water partition coefficient (Wildman–Crippen LogP) is 2.23. The van der Waals surface area contributed by atoms with Crippen LogP contribution in [0.15, 0.2) is 36.4 Å². The summed E-state index contributed by atoms with van der Waals surface area (Å²) in [5.74, 6) is 0.811. The second kappa shape index (κ2) is 5.62. The number of rotatable bonds is 4. The molecule has 0 radical (unpaired) electrons. The highest BCUT2D eigenvalue weighted by Crippen LogP contribution is 2.15. The van der Waals surface area contributed by atoms with Crippen LogP contribution in [0.5, 0.6) is 5.75 Å². The number of halogens is 1. The molecule has 0 aliphatic carbocycles. The van der Waals surface area contributed by atoms with Gasteiger partial charge in [0.2, 0.25) is 0 Å². The van der Waals surface area contributed by atoms with Crippen molar-refractivity contribution in [3.8, 4) is 5.75 Å². The molecular formula is C10H12ClNO. The lowest BCUT2D eigenvalue weighted by Crippen LogP contribution is -1.96. The van der Waals surface area contributed by atoms with Gasteiger partial charge in [0, 0.05) is 11.6 Å². The number of hydrogen-bond acceptors (Lipinski definition) is 2. The van der Waals surface area contributed by atoms with Crippen LogP contribution in [-0.2, 0) is 0 Å². The van der Waals surface area contributed by atoms with Crippen LogP contribution in [0.25, 0.3) is 0 Å². The largest absolute Gasteiger partial charge is 0.490 e. The minimum Gasteiger partial charge on any atom is -0.490 e. The van der Waals surface area contributed by atoms with Gasteiger partial charge in [0.15, 0.2) is 0 Å². The topological polar surface area (TPSA) is 35.2 Å². The summed E-state index contributed by atoms with van der Waals surface area (Å²) in [6.45, 7) is 1.09. The van der Waals surface area contributed by atoms with Gasteiger partial charge in [-0.25, -0.2) is 0 Å². The van der Waals surface area contributed by atoms with Gasteiger partial charge in [-0.15, -0.1) is 0 Å². The van der Waals surface area contributed by atoms with E-state index in [-0.39, 0.29) is 0 Å². The van der Waals surface area contributed by atoms with Gasteiger partial charge < -0.3 is 10.5 Å². The minimum atomic E-state index is 0.541. The molecule has 0 aliphatic rings. The van der Waals surface area contributed by atoms with Gasteiger partial charge in [0.25, 0.3) is 0 Å². The molecule has 0 unspecified atom stereocenters. The fourth-order valence-corrected chi connectivity index (χ4v) is 0.965. The van der Waals surface area contributed by atoms with Gasteiger partial charge >= 0.3 is 0 Å². The summed E-state index contributed by atoms with van der Waals surface area (Å²) >= 11 is 5.71. The van der Waals surface area contributed by atoms with E-state index < -0.39 is 0 Å². The Morgan fingerprint density at radius 3 is 2.54 bits per heavy atom. The fourth-order valence-electron chi connectivity index (χ4n) is 0.839. The molecule has 0 saturated carbocycles. The number of ether oxygens (including phenoxy) is 1. The molecule has 13 heavy (non-hydrogen) atoms. The molecule has 1 aromatic carbocycles. The van der Waals surface area contributed by atoms with Crippen molar-refractivity contribution in [2.75, 3.05) is 13.2 Å². The SMILES string of the molecule is NCC=CCOc1ccc(Cl)cc1. The van der Waals surface area contributed by atoms with E-state index in [0.29, 0.717) is 18.2 Å². The van der Waals surface area contributed by atoms with Crippen LogP contribution in [0.2, 0.25) is 5.02 Å². The summed E-state index contributed by atoms with van der Waals surface area (Å²) in [7, 11) is 0. The first-order chi connectivity index (χ1) is 6.33. The Kier molecular flexibility index (Phi) is 4.36. The van der Waals surface area contributed by atoms with Crippen LogP contribution in [0, 0.1) is 0 Å². The zero-order valence-electron chi connectivity index (χ0n) is 7.24. The average molecular weight is 198 g/mol. The molecule has 0 aromatic heterocycles. The van der Waals surface area contributed by atoms with Gasteiger partial charge in [0.1, 0.15) is 12.4 Å². The molecule has 0 atom stereocenters. The Hall–Kier alpha value is -0.990. The molecule has 0 bridgehead atoms. The number of benzene rings is 1. The second-order valence-electron chi connectivity index (χ2n) is 2.47. The minimum absolute atomic E-state index is 0.541. The first-order valence-electron chi connectivity index (χ1n) is 4.06. The Balaban J connectivity index is 2.37. The van der Waals surface area contributed by atoms with Crippen molar-refractivity contribution >= 4 is 11.6 Å². The number of nitrogens with two attached hydrogens (primary N) is 1. The van der Waals surface area contributed by atoms with E-state index in [1.807, 2.05) is 24.3 Å². The lowest BCUT2D eigenvalue weighted by atomic mass is 10.3. The van der Waals surface area contributed by atoms with Crippen molar-refractivity contribution in [3.63, 3.8) is 0 Å². The van der Waals surface area contributed by atoms with Crippen molar-refractivity contribution in [2.24, 2.45) is 5.73 Å². The highest BCUT2D eigenvalue weighted by atomic mass is 35.5. The second-order valence-corrected chi connectivity index (χ2v) is 2.91. The highest BCUT2D eigenvalue weighted by molar-refractivity contribution is 6.30. The zero-order chi connectivity index (χ0) is 9.52. The molecule has 0 amide bonds. The smallest absolute Gasteiger partial charge is 0.119 e. The molecule has 1 rings (SSSR count). The van der Waals surface area contributed by atoms with Crippen LogP contribution < -0.4 is 10.5 Å². The molecule has 0 spiro atoms. The first-order valence-corrected chi connectivity index (χ1v) is 4.44. The summed E-state index contributed by atoms with van der Waals surface area (Å²) < 4.78 is 5.36. The summed E-state index contributed by atoms with van der Waals surface area (Å²) in [6.07, 6.45) is 3.74. The molecule has 0 fully saturated rings. The molecule has 2 nitrogen and oxygen atoms in total. The van der Waals surface area contributed by atoms with E-state index >= 15 is 0 Å². The molecule has 2 N–H and O–H groups in total. The van der Waals surface area contributed by atoms with E-state index in [1.54, 1.807) is 12.1 Å². The lowest BCUT2D eigenvalue weighted by molar-refractivity contribution is 0.362. The molecule has 3 heteroatoms. The Morgan fingerprint density at radius 2 is 1.92 bits per heavy atom. The third-order valence-electron chi connectivity index (χ3n) is 1.46. The Morgan fingerprint density at radius 1 is 1.23 bits per heavy atom. The van der Waals surface area contributed by atoms with Crippen molar-refractivity contribution in [3.05, 3.63) is 41.4 Å². The number of hydrogen-bond donors (Lipinski definition) is 1. The van der Waals surface area contributed by atoms with Crippen molar-refractivity contribution < 1.29 is 4.74 Å². The van der Waals surface area contributed by atoms with E-state index in [4.69, 9.17) is 22.1 Å². The third kappa shape index (κ3) is 3.97. The fraction of sp³-hybridized carbons (Fsp3) is 0.200. The summed E-state index contributed by atoms with van der Waals surface area (Å²) in [6, 6.07) is 7.25. The van der Waals surface area contributed by atoms with Crippen molar-refractivity contribution in [1.82, 2.24) is 0 Å². The summed E-state index contributed by atoms with van der Waals surface area (Å²) in [5.41, 5.74) is 5.27. The van der Waals surface area contributed by atoms with Crippen LogP contribution in [-0.4, -0.2) is 13.2 Å². The molecule has 70 valence electrons. The predicted molar refractivity (Wildman–Crippen MR) is 55.1 cm³/mol. The first kappa shape index (κ1) is 10.1. The van der Waals surface area contributed by atoms with E-state index in [0.717, 1.165) is 5.75 Å². The highest BCUT2D eigenvalue weighted by Gasteiger charge is 1.90. The zero-order valence-corrected chi connectivity index (χ0v) is 8.00. The normalized spacial score (nSPS) is 10.6. The van der Waals surface area contributed by atoms with Crippen LogP contribution in [0.1, 0.15) is 0 Å². The van der Waals surface area contributed by atoms with Gasteiger partial charge in [-0.3, -0.25) is 0 Å². The Bertz CT molecular complexity index is 269. The monoisotopic (exact) mass is 197 g/mol. The van der Waals surface area contributed by atoms with Crippen molar-refractivity contribution in [2.45, 2.75) is 0 Å². The van der Waals surface area contributed by atoms with Crippen molar-refractivity contribution in [1.29, 1.82) is 0 Å². The maximum absolute atomic E-state index is 5.71. The Labute approximate surface area is 83.0 Å². The quantitative estimate of drug-likeness (QED) is 0.752. The third-order valence-corrected chi connectivity index (χ3v) is 1.71. The summed E-state index contributed by atoms with van der Waals surface area (Å²) in [4.78, 5) is 0. The maximum Gasteiger partial charge on any atom is 0.119 e. The van der Waals surface area contributed by atoms with Crippen LogP contribution in [0.3, 0.4) is 0 Å². The average Bonchev–Trinajstić information content (AvgIpc) is 2.15. The summed E-state index contributed by atoms with van der Waals surface area (Å²) in [5, 5.41) is 0.713. The molecule has 1 aromatic rings. The van der Waals surface area contributed by atoms with Gasteiger partial charge in [-0.05, 0) is 24.3 Å². The molecule has 0 saturated heterocycles.